The summed E-state index contributed by atoms with van der Waals surface area (Å²) in [6, 6.07) is 0. The maximum absolute atomic E-state index is 12.1. The first-order valence-electron chi connectivity index (χ1n) is 6.20. The van der Waals surface area contributed by atoms with Crippen LogP contribution in [0.2, 0.25) is 0 Å². The van der Waals surface area contributed by atoms with Crippen molar-refractivity contribution in [1.29, 1.82) is 0 Å². The van der Waals surface area contributed by atoms with Crippen LogP contribution in [0.1, 0.15) is 48.0 Å². The number of hydrogen-bond acceptors (Lipinski definition) is 3. The normalized spacial score (nSPS) is 28.3. The Hall–Kier alpha value is -0.770. The number of nitrogens with two attached hydrogens (primary N) is 1. The first kappa shape index (κ1) is 14.3. The van der Waals surface area contributed by atoms with E-state index in [4.69, 9.17) is 10.5 Å². The first-order chi connectivity index (χ1) is 7.49. The highest BCUT2D eigenvalue weighted by molar-refractivity contribution is 5.69. The Morgan fingerprint density at radius 3 is 2.24 bits per heavy atom. The van der Waals surface area contributed by atoms with Crippen molar-refractivity contribution >= 4 is 6.09 Å². The van der Waals surface area contributed by atoms with Gasteiger partial charge in [-0.15, -0.1) is 0 Å². The molecule has 100 valence electrons. The third-order valence-electron chi connectivity index (χ3n) is 3.24. The summed E-state index contributed by atoms with van der Waals surface area (Å²) in [5.74, 6) is 0. The van der Waals surface area contributed by atoms with Crippen LogP contribution in [-0.4, -0.2) is 35.2 Å². The average molecular weight is 242 g/mol. The van der Waals surface area contributed by atoms with E-state index in [-0.39, 0.29) is 17.0 Å². The van der Waals surface area contributed by atoms with Gasteiger partial charge in [0, 0.05) is 12.1 Å². The van der Waals surface area contributed by atoms with Crippen molar-refractivity contribution in [2.75, 3.05) is 13.1 Å². The molecule has 17 heavy (non-hydrogen) atoms. The lowest BCUT2D eigenvalue weighted by molar-refractivity contribution is 0.0126. The highest BCUT2D eigenvalue weighted by Crippen LogP contribution is 2.41. The lowest BCUT2D eigenvalue weighted by atomic mass is 9.84. The summed E-state index contributed by atoms with van der Waals surface area (Å²) >= 11 is 0. The molecule has 4 heteroatoms. The number of rotatable bonds is 1. The van der Waals surface area contributed by atoms with Crippen LogP contribution < -0.4 is 5.73 Å². The summed E-state index contributed by atoms with van der Waals surface area (Å²) in [5.41, 5.74) is 5.17. The van der Waals surface area contributed by atoms with Gasteiger partial charge in [0.15, 0.2) is 0 Å². The monoisotopic (exact) mass is 242 g/mol. The standard InChI is InChI=1S/C13H26N2O2/c1-11(2,3)17-10(16)15-9-13(6,8-14)7-12(15,4)5/h7-9,14H2,1-6H3. The quantitative estimate of drug-likeness (QED) is 0.768. The van der Waals surface area contributed by atoms with Crippen LogP contribution in [0.15, 0.2) is 0 Å². The van der Waals surface area contributed by atoms with Gasteiger partial charge in [-0.25, -0.2) is 4.79 Å². The third kappa shape index (κ3) is 3.35. The molecular weight excluding hydrogens is 216 g/mol. The number of ether oxygens (including phenoxy) is 1. The molecule has 4 nitrogen and oxygen atoms in total. The van der Waals surface area contributed by atoms with Gasteiger partial charge in [0.05, 0.1) is 0 Å². The SMILES string of the molecule is CC1(CN)CN(C(=O)OC(C)(C)C)C(C)(C)C1. The average Bonchev–Trinajstić information content (AvgIpc) is 2.34. The van der Waals surface area contributed by atoms with Gasteiger partial charge in [0.25, 0.3) is 0 Å². The second kappa shape index (κ2) is 4.16. The lowest BCUT2D eigenvalue weighted by Gasteiger charge is -2.33. The molecule has 0 aliphatic carbocycles. The van der Waals surface area contributed by atoms with E-state index in [2.05, 4.69) is 20.8 Å². The van der Waals surface area contributed by atoms with Crippen LogP contribution in [0.25, 0.3) is 0 Å². The van der Waals surface area contributed by atoms with Crippen molar-refractivity contribution in [2.45, 2.75) is 59.1 Å². The smallest absolute Gasteiger partial charge is 0.410 e. The molecule has 0 radical (unpaired) electrons. The second-order valence-corrected chi connectivity index (χ2v) is 7.07. The van der Waals surface area contributed by atoms with Crippen molar-refractivity contribution in [3.63, 3.8) is 0 Å². The molecule has 1 heterocycles. The Kier molecular flexibility index (Phi) is 3.50. The van der Waals surface area contributed by atoms with E-state index in [0.717, 1.165) is 6.42 Å². The second-order valence-electron chi connectivity index (χ2n) is 7.07. The Balaban J connectivity index is 2.81. The fraction of sp³-hybridized carbons (Fsp3) is 0.923. The minimum atomic E-state index is -0.450. The van der Waals surface area contributed by atoms with E-state index in [0.29, 0.717) is 13.1 Å². The molecule has 1 rings (SSSR count). The van der Waals surface area contributed by atoms with Crippen molar-refractivity contribution < 1.29 is 9.53 Å². The molecule has 1 atom stereocenters. The maximum Gasteiger partial charge on any atom is 0.410 e. The molecule has 1 saturated heterocycles. The van der Waals surface area contributed by atoms with E-state index in [9.17, 15) is 4.79 Å². The van der Waals surface area contributed by atoms with Gasteiger partial charge in [-0.1, -0.05) is 6.92 Å². The van der Waals surface area contributed by atoms with Crippen molar-refractivity contribution in [3.05, 3.63) is 0 Å². The van der Waals surface area contributed by atoms with Gasteiger partial charge >= 0.3 is 6.09 Å². The maximum atomic E-state index is 12.1. The number of amides is 1. The summed E-state index contributed by atoms with van der Waals surface area (Å²) in [6.07, 6.45) is 0.676. The molecule has 0 aromatic rings. The Morgan fingerprint density at radius 2 is 1.88 bits per heavy atom. The number of carbonyl (C=O) groups excluding carboxylic acids is 1. The predicted octanol–water partition coefficient (Wildman–Crippen LogP) is 2.37. The van der Waals surface area contributed by atoms with Crippen molar-refractivity contribution in [1.82, 2.24) is 4.90 Å². The number of nitrogens with zero attached hydrogens (tertiary/aromatic N) is 1. The minimum Gasteiger partial charge on any atom is -0.444 e. The zero-order valence-electron chi connectivity index (χ0n) is 12.0. The summed E-state index contributed by atoms with van der Waals surface area (Å²) < 4.78 is 5.44. The van der Waals surface area contributed by atoms with Crippen LogP contribution in [0.5, 0.6) is 0 Å². The summed E-state index contributed by atoms with van der Waals surface area (Å²) in [4.78, 5) is 14.0. The fourth-order valence-corrected chi connectivity index (χ4v) is 2.56. The predicted molar refractivity (Wildman–Crippen MR) is 68.8 cm³/mol. The van der Waals surface area contributed by atoms with Gasteiger partial charge in [-0.2, -0.15) is 0 Å². The zero-order chi connectivity index (χ0) is 13.5. The molecule has 1 amide bonds. The van der Waals surface area contributed by atoms with E-state index >= 15 is 0 Å². The largest absolute Gasteiger partial charge is 0.444 e. The lowest BCUT2D eigenvalue weighted by Crippen LogP contribution is -2.45. The molecule has 1 aliphatic rings. The molecule has 1 unspecified atom stereocenters. The summed E-state index contributed by atoms with van der Waals surface area (Å²) in [5, 5.41) is 0. The van der Waals surface area contributed by atoms with Gasteiger partial charge in [0.1, 0.15) is 5.60 Å². The molecular formula is C13H26N2O2. The van der Waals surface area contributed by atoms with Gasteiger partial charge in [-0.05, 0) is 53.0 Å². The Bertz CT molecular complexity index is 307. The van der Waals surface area contributed by atoms with E-state index < -0.39 is 5.60 Å². The highest BCUT2D eigenvalue weighted by atomic mass is 16.6. The third-order valence-corrected chi connectivity index (χ3v) is 3.24. The topological polar surface area (TPSA) is 55.6 Å². The van der Waals surface area contributed by atoms with Crippen LogP contribution in [-0.2, 0) is 4.74 Å². The van der Waals surface area contributed by atoms with E-state index in [1.807, 2.05) is 25.7 Å². The van der Waals surface area contributed by atoms with Gasteiger partial charge in [0.2, 0.25) is 0 Å². The van der Waals surface area contributed by atoms with Crippen LogP contribution in [0.3, 0.4) is 0 Å². The van der Waals surface area contributed by atoms with E-state index in [1.54, 1.807) is 0 Å². The van der Waals surface area contributed by atoms with Crippen molar-refractivity contribution in [3.8, 4) is 0 Å². The zero-order valence-corrected chi connectivity index (χ0v) is 12.0. The summed E-state index contributed by atoms with van der Waals surface area (Å²) in [6.45, 7) is 13.2. The molecule has 1 fully saturated rings. The Morgan fingerprint density at radius 1 is 1.35 bits per heavy atom. The van der Waals surface area contributed by atoms with Crippen LogP contribution in [0.4, 0.5) is 4.79 Å². The van der Waals surface area contributed by atoms with E-state index in [1.165, 1.54) is 0 Å². The molecule has 1 aliphatic heterocycles. The van der Waals surface area contributed by atoms with Crippen LogP contribution in [0, 0.1) is 5.41 Å². The molecule has 0 spiro atoms. The minimum absolute atomic E-state index is 0.000401. The Labute approximate surface area is 104 Å². The highest BCUT2D eigenvalue weighted by Gasteiger charge is 2.48. The molecule has 0 saturated carbocycles. The van der Waals surface area contributed by atoms with Gasteiger partial charge in [-0.3, -0.25) is 0 Å². The summed E-state index contributed by atoms with van der Waals surface area (Å²) in [7, 11) is 0. The first-order valence-corrected chi connectivity index (χ1v) is 6.20. The van der Waals surface area contributed by atoms with Crippen molar-refractivity contribution in [2.24, 2.45) is 11.1 Å². The fourth-order valence-electron chi connectivity index (χ4n) is 2.56. The molecule has 2 N–H and O–H groups in total. The number of hydrogen-bond donors (Lipinski definition) is 1. The molecule has 0 aromatic heterocycles. The van der Waals surface area contributed by atoms with Crippen LogP contribution >= 0.6 is 0 Å². The molecule has 0 aromatic carbocycles. The number of likely N-dealkylation sites (tertiary alicyclic amines) is 1. The molecule has 0 bridgehead atoms. The number of carbonyl (C=O) groups is 1. The van der Waals surface area contributed by atoms with Gasteiger partial charge < -0.3 is 15.4 Å².